The summed E-state index contributed by atoms with van der Waals surface area (Å²) in [5.41, 5.74) is -0.154. The highest BCUT2D eigenvalue weighted by Gasteiger charge is 2.48. The van der Waals surface area contributed by atoms with Crippen LogP contribution in [-0.4, -0.2) is 41.1 Å². The molecule has 2 heterocycles. The molecule has 4 aromatic rings. The molecule has 12 heteroatoms. The number of amides is 1. The second-order valence-corrected chi connectivity index (χ2v) is 9.59. The number of phenolic OH excluding ortho intramolecular Hbond substituents is 1. The number of fused-ring (bicyclic) bond motifs is 1. The van der Waals surface area contributed by atoms with Crippen molar-refractivity contribution < 1.29 is 38.1 Å². The lowest BCUT2D eigenvalue weighted by atomic mass is 9.95. The zero-order valence-corrected chi connectivity index (χ0v) is 21.2. The summed E-state index contributed by atoms with van der Waals surface area (Å²) in [4.78, 5) is 31.9. The molecule has 1 aliphatic heterocycles. The Morgan fingerprint density at radius 1 is 1.05 bits per heavy atom. The Morgan fingerprint density at radius 2 is 1.74 bits per heavy atom. The van der Waals surface area contributed by atoms with E-state index in [-0.39, 0.29) is 48.8 Å². The number of aromatic nitrogens is 1. The van der Waals surface area contributed by atoms with E-state index < -0.39 is 35.1 Å². The van der Waals surface area contributed by atoms with Crippen LogP contribution in [0.4, 0.5) is 13.9 Å². The van der Waals surface area contributed by atoms with Crippen molar-refractivity contribution in [2.75, 3.05) is 19.1 Å². The van der Waals surface area contributed by atoms with E-state index in [4.69, 9.17) is 21.1 Å². The molecule has 1 aromatic heterocycles. The van der Waals surface area contributed by atoms with Crippen LogP contribution in [0.15, 0.2) is 54.1 Å². The van der Waals surface area contributed by atoms with Crippen molar-refractivity contribution >= 4 is 55.7 Å². The zero-order valence-electron chi connectivity index (χ0n) is 19.7. The van der Waals surface area contributed by atoms with Crippen LogP contribution in [0.25, 0.3) is 16.0 Å². The van der Waals surface area contributed by atoms with Crippen LogP contribution in [0, 0.1) is 11.6 Å². The molecule has 8 nitrogen and oxygen atoms in total. The fourth-order valence-corrected chi connectivity index (χ4v) is 5.50. The van der Waals surface area contributed by atoms with Crippen LogP contribution < -0.4 is 14.4 Å². The summed E-state index contributed by atoms with van der Waals surface area (Å²) in [7, 11) is 2.70. The van der Waals surface area contributed by atoms with Gasteiger partial charge < -0.3 is 19.7 Å². The standard InChI is InChI=1S/C26H17ClF2N2O6S/c1-36-17-10-15(27)18(37-2)9-14(17)23(33)20-22(11-3-5-13(32)6-4-11)31(25(35)24(20)34)26-30-21-16(29)7-12(28)8-19(21)38-26/h3-10,22,32-33H,1-2H3/b23-20+. The van der Waals surface area contributed by atoms with Crippen LogP contribution in [0.2, 0.25) is 5.02 Å². The molecule has 1 unspecified atom stereocenters. The number of thiazole rings is 1. The lowest BCUT2D eigenvalue weighted by molar-refractivity contribution is -0.132. The molecule has 0 radical (unpaired) electrons. The van der Waals surface area contributed by atoms with Crippen molar-refractivity contribution in [1.82, 2.24) is 4.98 Å². The Kier molecular flexibility index (Phi) is 6.41. The minimum atomic E-state index is -1.24. The summed E-state index contributed by atoms with van der Waals surface area (Å²) in [5, 5.41) is 21.3. The summed E-state index contributed by atoms with van der Waals surface area (Å²) in [5.74, 6) is -4.26. The molecule has 194 valence electrons. The third-order valence-electron chi connectivity index (χ3n) is 5.99. The number of anilines is 1. The molecule has 0 spiro atoms. The second kappa shape index (κ2) is 9.58. The van der Waals surface area contributed by atoms with Crippen LogP contribution in [0.5, 0.6) is 17.2 Å². The van der Waals surface area contributed by atoms with Gasteiger partial charge in [0.2, 0.25) is 0 Å². The number of carbonyl (C=O) groups is 2. The van der Waals surface area contributed by atoms with E-state index in [0.29, 0.717) is 11.6 Å². The molecule has 1 saturated heterocycles. The van der Waals surface area contributed by atoms with E-state index in [1.54, 1.807) is 0 Å². The molecule has 1 aliphatic rings. The summed E-state index contributed by atoms with van der Waals surface area (Å²) in [6, 6.07) is 8.83. The third kappa shape index (κ3) is 4.09. The molecule has 2 N–H and O–H groups in total. The average molecular weight is 559 g/mol. The van der Waals surface area contributed by atoms with E-state index in [9.17, 15) is 28.6 Å². The Morgan fingerprint density at radius 3 is 2.39 bits per heavy atom. The van der Waals surface area contributed by atoms with Crippen molar-refractivity contribution in [2.24, 2.45) is 0 Å². The number of nitrogens with zero attached hydrogens (tertiary/aromatic N) is 2. The maximum atomic E-state index is 14.4. The first kappa shape index (κ1) is 25.4. The number of carbonyl (C=O) groups excluding carboxylic acids is 2. The maximum absolute atomic E-state index is 14.4. The Hall–Kier alpha value is -4.22. The van der Waals surface area contributed by atoms with E-state index in [1.165, 1.54) is 50.6 Å². The molecule has 1 fully saturated rings. The second-order valence-electron chi connectivity index (χ2n) is 8.18. The number of ketones is 1. The molecule has 1 amide bonds. The highest BCUT2D eigenvalue weighted by Crippen LogP contribution is 2.46. The average Bonchev–Trinajstić information content (AvgIpc) is 3.42. The van der Waals surface area contributed by atoms with Crippen molar-refractivity contribution in [1.29, 1.82) is 0 Å². The number of rotatable bonds is 5. The number of ether oxygens (including phenoxy) is 2. The van der Waals surface area contributed by atoms with E-state index in [1.807, 2.05) is 0 Å². The molecule has 0 bridgehead atoms. The third-order valence-corrected chi connectivity index (χ3v) is 7.29. The fourth-order valence-electron chi connectivity index (χ4n) is 4.24. The predicted octanol–water partition coefficient (Wildman–Crippen LogP) is 5.58. The molecule has 38 heavy (non-hydrogen) atoms. The monoisotopic (exact) mass is 558 g/mol. The predicted molar refractivity (Wildman–Crippen MR) is 137 cm³/mol. The number of benzene rings is 3. The molecule has 3 aromatic carbocycles. The quantitative estimate of drug-likeness (QED) is 0.187. The number of aromatic hydroxyl groups is 1. The molecule has 0 saturated carbocycles. The van der Waals surface area contributed by atoms with Gasteiger partial charge in [-0.1, -0.05) is 35.1 Å². The first-order valence-corrected chi connectivity index (χ1v) is 12.1. The Bertz CT molecular complexity index is 1650. The van der Waals surface area contributed by atoms with Crippen LogP contribution in [-0.2, 0) is 9.59 Å². The van der Waals surface area contributed by atoms with Crippen molar-refractivity contribution in [3.63, 3.8) is 0 Å². The van der Waals surface area contributed by atoms with Gasteiger partial charge in [-0.25, -0.2) is 13.8 Å². The van der Waals surface area contributed by atoms with E-state index >= 15 is 0 Å². The van der Waals surface area contributed by atoms with Crippen LogP contribution in [0.1, 0.15) is 17.2 Å². The summed E-state index contributed by atoms with van der Waals surface area (Å²) in [6.07, 6.45) is 0. The highest BCUT2D eigenvalue weighted by molar-refractivity contribution is 7.22. The first-order valence-electron chi connectivity index (χ1n) is 10.9. The Balaban J connectivity index is 1.77. The topological polar surface area (TPSA) is 109 Å². The smallest absolute Gasteiger partial charge is 0.301 e. The van der Waals surface area contributed by atoms with Gasteiger partial charge in [-0.15, -0.1) is 0 Å². The van der Waals surface area contributed by atoms with Crippen LogP contribution >= 0.6 is 22.9 Å². The normalized spacial score (nSPS) is 16.9. The van der Waals surface area contributed by atoms with Gasteiger partial charge in [0.25, 0.3) is 5.78 Å². The van der Waals surface area contributed by atoms with Gasteiger partial charge in [0.1, 0.15) is 34.3 Å². The number of halogens is 3. The molecule has 0 aliphatic carbocycles. The molecule has 5 rings (SSSR count). The minimum absolute atomic E-state index is 0.0212. The number of hydrogen-bond acceptors (Lipinski definition) is 8. The molecule has 1 atom stereocenters. The number of phenols is 1. The lowest BCUT2D eigenvalue weighted by Crippen LogP contribution is -2.29. The highest BCUT2D eigenvalue weighted by atomic mass is 35.5. The summed E-state index contributed by atoms with van der Waals surface area (Å²) in [6.45, 7) is 0. The minimum Gasteiger partial charge on any atom is -0.508 e. The number of aliphatic hydroxyl groups excluding tert-OH is 1. The van der Waals surface area contributed by atoms with Gasteiger partial charge in [-0.3, -0.25) is 14.5 Å². The first-order chi connectivity index (χ1) is 18.1. The lowest BCUT2D eigenvalue weighted by Gasteiger charge is -2.23. The van der Waals surface area contributed by atoms with Gasteiger partial charge in [-0.05, 0) is 29.8 Å². The number of Topliss-reactive ketones (excluding diaryl/α,β-unsaturated/α-hetero) is 1. The van der Waals surface area contributed by atoms with Crippen LogP contribution in [0.3, 0.4) is 0 Å². The van der Waals surface area contributed by atoms with Crippen molar-refractivity contribution in [3.8, 4) is 17.2 Å². The molecular weight excluding hydrogens is 542 g/mol. The summed E-state index contributed by atoms with van der Waals surface area (Å²) < 4.78 is 38.9. The number of hydrogen-bond donors (Lipinski definition) is 2. The molecular formula is C26H17ClF2N2O6S. The maximum Gasteiger partial charge on any atom is 0.301 e. The van der Waals surface area contributed by atoms with Gasteiger partial charge in [-0.2, -0.15) is 0 Å². The zero-order chi connectivity index (χ0) is 27.3. The van der Waals surface area contributed by atoms with E-state index in [2.05, 4.69) is 4.98 Å². The Labute approximate surface area is 222 Å². The van der Waals surface area contributed by atoms with Gasteiger partial charge >= 0.3 is 5.91 Å². The summed E-state index contributed by atoms with van der Waals surface area (Å²) >= 11 is 6.98. The SMILES string of the molecule is COc1cc(/C(O)=C2\C(=O)C(=O)N(c3nc4c(F)cc(F)cc4s3)C2c2ccc(O)cc2)c(OC)cc1Cl. The van der Waals surface area contributed by atoms with E-state index in [0.717, 1.165) is 22.3 Å². The van der Waals surface area contributed by atoms with Gasteiger partial charge in [0, 0.05) is 12.1 Å². The largest absolute Gasteiger partial charge is 0.508 e. The van der Waals surface area contributed by atoms with Crippen molar-refractivity contribution in [3.05, 3.63) is 81.9 Å². The van der Waals surface area contributed by atoms with Crippen molar-refractivity contribution in [2.45, 2.75) is 6.04 Å². The number of methoxy groups -OCH3 is 2. The number of aliphatic hydroxyl groups is 1. The fraction of sp³-hybridized carbons (Fsp3) is 0.115. The van der Waals surface area contributed by atoms with Gasteiger partial charge in [0.05, 0.1) is 41.1 Å². The van der Waals surface area contributed by atoms with Gasteiger partial charge in [0.15, 0.2) is 10.9 Å².